The van der Waals surface area contributed by atoms with Crippen LogP contribution in [0.2, 0.25) is 0 Å². The number of rotatable bonds is 10. The molecule has 1 saturated heterocycles. The van der Waals surface area contributed by atoms with Gasteiger partial charge in [-0.25, -0.2) is 8.42 Å². The summed E-state index contributed by atoms with van der Waals surface area (Å²) in [5, 5.41) is 18.7. The van der Waals surface area contributed by atoms with Gasteiger partial charge in [0, 0.05) is 37.8 Å². The fourth-order valence-corrected chi connectivity index (χ4v) is 7.35. The van der Waals surface area contributed by atoms with Crippen molar-refractivity contribution in [3.05, 3.63) is 95.0 Å². The van der Waals surface area contributed by atoms with Gasteiger partial charge in [0.2, 0.25) is 0 Å². The van der Waals surface area contributed by atoms with Gasteiger partial charge in [-0.2, -0.15) is 0 Å². The van der Waals surface area contributed by atoms with E-state index in [0.29, 0.717) is 17.8 Å². The van der Waals surface area contributed by atoms with E-state index in [-0.39, 0.29) is 29.7 Å². The third kappa shape index (κ3) is 7.92. The van der Waals surface area contributed by atoms with E-state index in [1.807, 2.05) is 6.07 Å². The van der Waals surface area contributed by atoms with Crippen LogP contribution in [0.5, 0.6) is 0 Å². The number of aliphatic hydroxyl groups is 1. The van der Waals surface area contributed by atoms with E-state index in [9.17, 15) is 23.1 Å². The van der Waals surface area contributed by atoms with Gasteiger partial charge in [0.25, 0.3) is 11.8 Å². The number of carbonyl (C=O) groups excluding carboxylic acids is 2. The average molecular weight is 607 g/mol. The monoisotopic (exact) mass is 606 g/mol. The Bertz CT molecular complexity index is 1580. The molecule has 1 unspecified atom stereocenters. The molecule has 3 aromatic rings. The lowest BCUT2D eigenvalue weighted by Gasteiger charge is -2.26. The average Bonchev–Trinajstić information content (AvgIpc) is 3.54. The standard InChI is InChI=1S/C32H38N4O6S/c1-22-6-2-3-8-24(22)18-23-7-4-15-36(16-12-23)28-11-10-25(19-26(28)35-32(39)30-9-5-17-42-30)31(38)34-14-13-33-27-20-43(40,41)21-29(27)37/h2-3,5-11,17,19,27,29,33,37H,4,12-16,18,20-21H2,1H3,(H,34,38)(H,35,39)/t27?,29-/m0/s1. The molecule has 1 aromatic heterocycles. The van der Waals surface area contributed by atoms with E-state index in [4.69, 9.17) is 4.42 Å². The molecule has 2 amide bonds. The molecule has 0 saturated carbocycles. The first-order valence-corrected chi connectivity index (χ1v) is 16.4. The van der Waals surface area contributed by atoms with Gasteiger partial charge in [0.05, 0.1) is 35.2 Å². The van der Waals surface area contributed by atoms with Crippen LogP contribution in [0.4, 0.5) is 11.4 Å². The van der Waals surface area contributed by atoms with Gasteiger partial charge >= 0.3 is 0 Å². The number of furan rings is 1. The topological polar surface area (TPSA) is 141 Å². The van der Waals surface area contributed by atoms with E-state index in [2.05, 4.69) is 58.1 Å². The molecule has 10 nitrogen and oxygen atoms in total. The van der Waals surface area contributed by atoms with Crippen LogP contribution in [0.1, 0.15) is 44.9 Å². The molecule has 0 bridgehead atoms. The molecule has 4 N–H and O–H groups in total. The van der Waals surface area contributed by atoms with E-state index in [0.717, 1.165) is 38.0 Å². The van der Waals surface area contributed by atoms with Crippen molar-refractivity contribution in [2.24, 2.45) is 0 Å². The zero-order chi connectivity index (χ0) is 30.4. The summed E-state index contributed by atoms with van der Waals surface area (Å²) in [5.41, 5.74) is 5.68. The molecule has 2 aromatic carbocycles. The summed E-state index contributed by atoms with van der Waals surface area (Å²) >= 11 is 0. The maximum absolute atomic E-state index is 13.0. The minimum absolute atomic E-state index is 0.123. The zero-order valence-corrected chi connectivity index (χ0v) is 25.0. The first-order chi connectivity index (χ1) is 20.7. The predicted octanol–water partition coefficient (Wildman–Crippen LogP) is 3.09. The second-order valence-corrected chi connectivity index (χ2v) is 13.3. The van der Waals surface area contributed by atoms with Crippen LogP contribution in [0.15, 0.2) is 76.9 Å². The van der Waals surface area contributed by atoms with Gasteiger partial charge in [-0.3, -0.25) is 9.59 Å². The van der Waals surface area contributed by atoms with Gasteiger partial charge in [-0.05, 0) is 67.6 Å². The lowest BCUT2D eigenvalue weighted by Crippen LogP contribution is -2.42. The summed E-state index contributed by atoms with van der Waals surface area (Å²) in [6.45, 7) is 4.20. The molecule has 43 heavy (non-hydrogen) atoms. The van der Waals surface area contributed by atoms with Gasteiger partial charge in [0.1, 0.15) is 0 Å². The smallest absolute Gasteiger partial charge is 0.291 e. The SMILES string of the molecule is Cc1ccccc1CC1=CCCN(c2ccc(C(=O)NCCNC3CS(=O)(=O)C[C@@H]3O)cc2NC(=O)c2ccco2)CC1. The molecule has 0 spiro atoms. The van der Waals surface area contributed by atoms with Crippen molar-refractivity contribution in [1.82, 2.24) is 10.6 Å². The molecule has 5 rings (SSSR count). The Morgan fingerprint density at radius 1 is 1.02 bits per heavy atom. The number of nitrogens with one attached hydrogen (secondary N) is 3. The lowest BCUT2D eigenvalue weighted by molar-refractivity contribution is 0.0950. The van der Waals surface area contributed by atoms with Crippen LogP contribution < -0.4 is 20.9 Å². The number of nitrogens with zero attached hydrogens (tertiary/aromatic N) is 1. The number of sulfone groups is 1. The molecule has 3 heterocycles. The van der Waals surface area contributed by atoms with E-state index >= 15 is 0 Å². The van der Waals surface area contributed by atoms with Crippen LogP contribution in [0.25, 0.3) is 0 Å². The fourth-order valence-electron chi connectivity index (χ4n) is 5.58. The van der Waals surface area contributed by atoms with E-state index < -0.39 is 27.9 Å². The molecule has 0 aliphatic carbocycles. The molecular weight excluding hydrogens is 568 g/mol. The molecule has 11 heteroatoms. The van der Waals surface area contributed by atoms with E-state index in [1.54, 1.807) is 24.3 Å². The first-order valence-electron chi connectivity index (χ1n) is 14.5. The van der Waals surface area contributed by atoms with Crippen LogP contribution in [-0.2, 0) is 16.3 Å². The van der Waals surface area contributed by atoms with Crippen molar-refractivity contribution >= 4 is 33.0 Å². The highest BCUT2D eigenvalue weighted by Crippen LogP contribution is 2.31. The molecule has 2 atom stereocenters. The number of amides is 2. The third-order valence-corrected chi connectivity index (χ3v) is 9.66. The second-order valence-electron chi connectivity index (χ2n) is 11.1. The van der Waals surface area contributed by atoms with Crippen molar-refractivity contribution in [3.8, 4) is 0 Å². The Morgan fingerprint density at radius 2 is 1.86 bits per heavy atom. The summed E-state index contributed by atoms with van der Waals surface area (Å²) in [4.78, 5) is 28.2. The van der Waals surface area contributed by atoms with Crippen LogP contribution in [-0.4, -0.2) is 75.2 Å². The fraction of sp³-hybridized carbons (Fsp3) is 0.375. The van der Waals surface area contributed by atoms with Gasteiger partial charge < -0.3 is 30.4 Å². The lowest BCUT2D eigenvalue weighted by atomic mass is 9.98. The zero-order valence-electron chi connectivity index (χ0n) is 24.2. The quantitative estimate of drug-likeness (QED) is 0.204. The summed E-state index contributed by atoms with van der Waals surface area (Å²) in [5.74, 6) is -0.953. The number of aryl methyl sites for hydroxylation is 1. The molecular formula is C32H38N4O6S. The Kier molecular flexibility index (Phi) is 9.64. The number of aliphatic hydroxyl groups excluding tert-OH is 1. The number of hydrogen-bond acceptors (Lipinski definition) is 8. The molecule has 0 radical (unpaired) electrons. The molecule has 2 aliphatic rings. The normalized spacial score (nSPS) is 19.9. The van der Waals surface area contributed by atoms with Gasteiger partial charge in [-0.15, -0.1) is 0 Å². The van der Waals surface area contributed by atoms with Crippen LogP contribution >= 0.6 is 0 Å². The summed E-state index contributed by atoms with van der Waals surface area (Å²) in [6, 6.07) is 16.4. The molecule has 228 valence electrons. The number of carbonyl (C=O) groups is 2. The van der Waals surface area contributed by atoms with Crippen molar-refractivity contribution < 1.29 is 27.5 Å². The maximum Gasteiger partial charge on any atom is 0.291 e. The summed E-state index contributed by atoms with van der Waals surface area (Å²) < 4.78 is 28.7. The summed E-state index contributed by atoms with van der Waals surface area (Å²) in [6.07, 6.45) is 5.44. The number of anilines is 2. The number of benzene rings is 2. The Labute approximate surface area is 252 Å². The third-order valence-electron chi connectivity index (χ3n) is 7.95. The van der Waals surface area contributed by atoms with E-state index in [1.165, 1.54) is 23.0 Å². The van der Waals surface area contributed by atoms with Gasteiger partial charge in [0.15, 0.2) is 15.6 Å². The summed E-state index contributed by atoms with van der Waals surface area (Å²) in [7, 11) is -3.26. The minimum atomic E-state index is -3.26. The Balaban J connectivity index is 1.25. The van der Waals surface area contributed by atoms with Crippen LogP contribution in [0, 0.1) is 6.92 Å². The van der Waals surface area contributed by atoms with Gasteiger partial charge in [-0.1, -0.05) is 35.9 Å². The highest BCUT2D eigenvalue weighted by molar-refractivity contribution is 7.91. The maximum atomic E-state index is 13.0. The van der Waals surface area contributed by atoms with Crippen molar-refractivity contribution in [1.29, 1.82) is 0 Å². The number of hydrogen-bond donors (Lipinski definition) is 4. The molecule has 2 aliphatic heterocycles. The van der Waals surface area contributed by atoms with Crippen LogP contribution in [0.3, 0.4) is 0 Å². The van der Waals surface area contributed by atoms with Crippen molar-refractivity contribution in [2.45, 2.75) is 38.3 Å². The largest absolute Gasteiger partial charge is 0.459 e. The van der Waals surface area contributed by atoms with Crippen molar-refractivity contribution in [2.75, 3.05) is 47.9 Å². The predicted molar refractivity (Wildman–Crippen MR) is 166 cm³/mol. The second kappa shape index (κ2) is 13.6. The highest BCUT2D eigenvalue weighted by Gasteiger charge is 2.35. The molecule has 1 fully saturated rings. The Hall–Kier alpha value is -3.93. The minimum Gasteiger partial charge on any atom is -0.459 e. The van der Waals surface area contributed by atoms with Crippen molar-refractivity contribution in [3.63, 3.8) is 0 Å². The Morgan fingerprint density at radius 3 is 2.60 bits per heavy atom. The first kappa shape index (κ1) is 30.5. The highest BCUT2D eigenvalue weighted by atomic mass is 32.2.